The van der Waals surface area contributed by atoms with Gasteiger partial charge in [0.25, 0.3) is 0 Å². The molecule has 0 unspecified atom stereocenters. The van der Waals surface area contributed by atoms with Crippen molar-refractivity contribution in [2.75, 3.05) is 0 Å². The quantitative estimate of drug-likeness (QED) is 0.702. The van der Waals surface area contributed by atoms with E-state index in [-0.39, 0.29) is 0 Å². The molecule has 2 aromatic rings. The van der Waals surface area contributed by atoms with E-state index >= 15 is 0 Å². The van der Waals surface area contributed by atoms with Gasteiger partial charge in [-0.1, -0.05) is 43.7 Å². The molecule has 0 amide bonds. The molecule has 1 aliphatic carbocycles. The summed E-state index contributed by atoms with van der Waals surface area (Å²) in [6, 6.07) is 10.4. The van der Waals surface area contributed by atoms with E-state index in [9.17, 15) is 4.79 Å². The van der Waals surface area contributed by atoms with Crippen molar-refractivity contribution < 1.29 is 4.79 Å². The molecule has 0 radical (unpaired) electrons. The molecule has 1 aliphatic rings. The van der Waals surface area contributed by atoms with Crippen molar-refractivity contribution in [2.45, 2.75) is 58.4 Å². The molecule has 0 bridgehead atoms. The van der Waals surface area contributed by atoms with Crippen LogP contribution in [0, 0.1) is 0 Å². The molecule has 0 atom stereocenters. The SMILES string of the molecule is CCCCC(=O)c1c2c(cn1Cc1ccccc1)CCCC2. The Balaban J connectivity index is 1.94. The Kier molecular flexibility index (Phi) is 4.77. The Hall–Kier alpha value is -1.83. The highest BCUT2D eigenvalue weighted by molar-refractivity contribution is 5.96. The summed E-state index contributed by atoms with van der Waals surface area (Å²) >= 11 is 0. The predicted molar refractivity (Wildman–Crippen MR) is 90.5 cm³/mol. The first-order chi connectivity index (χ1) is 10.8. The zero-order valence-electron chi connectivity index (χ0n) is 13.5. The monoisotopic (exact) mass is 295 g/mol. The highest BCUT2D eigenvalue weighted by atomic mass is 16.1. The van der Waals surface area contributed by atoms with Crippen LogP contribution in [0.5, 0.6) is 0 Å². The van der Waals surface area contributed by atoms with Crippen LogP contribution < -0.4 is 0 Å². The minimum atomic E-state index is 0.334. The third-order valence-electron chi connectivity index (χ3n) is 4.61. The molecule has 1 heterocycles. The minimum Gasteiger partial charge on any atom is -0.340 e. The molecule has 0 N–H and O–H groups in total. The lowest BCUT2D eigenvalue weighted by molar-refractivity contribution is 0.0970. The molecule has 2 nitrogen and oxygen atoms in total. The van der Waals surface area contributed by atoms with Gasteiger partial charge in [0.05, 0.1) is 5.69 Å². The van der Waals surface area contributed by atoms with Gasteiger partial charge in [0.1, 0.15) is 0 Å². The van der Waals surface area contributed by atoms with E-state index in [0.717, 1.165) is 37.9 Å². The van der Waals surface area contributed by atoms with E-state index < -0.39 is 0 Å². The second kappa shape index (κ2) is 6.95. The second-order valence-electron chi connectivity index (χ2n) is 6.33. The second-order valence-corrected chi connectivity index (χ2v) is 6.33. The molecule has 0 aliphatic heterocycles. The predicted octanol–water partition coefficient (Wildman–Crippen LogP) is 4.79. The summed E-state index contributed by atoms with van der Waals surface area (Å²) in [6.45, 7) is 2.95. The molecule has 0 spiro atoms. The molecule has 1 aromatic heterocycles. The molecule has 0 saturated heterocycles. The van der Waals surface area contributed by atoms with Gasteiger partial charge in [-0.25, -0.2) is 0 Å². The van der Waals surface area contributed by atoms with Gasteiger partial charge in [0, 0.05) is 19.2 Å². The Morgan fingerprint density at radius 3 is 2.68 bits per heavy atom. The highest BCUT2D eigenvalue weighted by Crippen LogP contribution is 2.28. The highest BCUT2D eigenvalue weighted by Gasteiger charge is 2.23. The number of fused-ring (bicyclic) bond motifs is 1. The van der Waals surface area contributed by atoms with Crippen LogP contribution in [0.25, 0.3) is 0 Å². The number of carbonyl (C=O) groups is 1. The summed E-state index contributed by atoms with van der Waals surface area (Å²) in [5.41, 5.74) is 5.00. The normalized spacial score (nSPS) is 13.9. The molecular weight excluding hydrogens is 270 g/mol. The van der Waals surface area contributed by atoms with E-state index in [1.165, 1.54) is 29.5 Å². The Morgan fingerprint density at radius 1 is 1.14 bits per heavy atom. The Bertz CT molecular complexity index is 639. The Morgan fingerprint density at radius 2 is 1.91 bits per heavy atom. The summed E-state index contributed by atoms with van der Waals surface area (Å²) in [7, 11) is 0. The van der Waals surface area contributed by atoms with Crippen molar-refractivity contribution >= 4 is 5.78 Å². The van der Waals surface area contributed by atoms with Crippen LogP contribution >= 0.6 is 0 Å². The van der Waals surface area contributed by atoms with Crippen molar-refractivity contribution in [1.29, 1.82) is 0 Å². The number of aryl methyl sites for hydroxylation is 1. The van der Waals surface area contributed by atoms with E-state index in [1.54, 1.807) is 0 Å². The number of hydrogen-bond acceptors (Lipinski definition) is 1. The third kappa shape index (κ3) is 3.16. The molecule has 0 fully saturated rings. The molecule has 22 heavy (non-hydrogen) atoms. The standard InChI is InChI=1S/C20H25NO/c1-2-3-13-19(22)20-18-12-8-7-11-17(18)15-21(20)14-16-9-5-4-6-10-16/h4-6,9-10,15H,2-3,7-8,11-14H2,1H3. The van der Waals surface area contributed by atoms with Crippen molar-refractivity contribution in [3.05, 3.63) is 58.9 Å². The summed E-state index contributed by atoms with van der Waals surface area (Å²) in [5.74, 6) is 0.334. The fourth-order valence-corrected chi connectivity index (χ4v) is 3.46. The number of ketones is 1. The van der Waals surface area contributed by atoms with Crippen LogP contribution in [0.4, 0.5) is 0 Å². The largest absolute Gasteiger partial charge is 0.340 e. The molecular formula is C20H25NO. The summed E-state index contributed by atoms with van der Waals surface area (Å²) < 4.78 is 2.21. The van der Waals surface area contributed by atoms with Gasteiger partial charge in [-0.3, -0.25) is 4.79 Å². The number of rotatable bonds is 6. The van der Waals surface area contributed by atoms with Crippen molar-refractivity contribution in [3.8, 4) is 0 Å². The number of hydrogen-bond donors (Lipinski definition) is 0. The maximum Gasteiger partial charge on any atom is 0.179 e. The fraction of sp³-hybridized carbons (Fsp3) is 0.450. The molecule has 0 saturated carbocycles. The van der Waals surface area contributed by atoms with Crippen LogP contribution in [0.2, 0.25) is 0 Å². The van der Waals surface area contributed by atoms with Crippen LogP contribution in [0.15, 0.2) is 36.5 Å². The topological polar surface area (TPSA) is 22.0 Å². The van der Waals surface area contributed by atoms with Gasteiger partial charge in [-0.2, -0.15) is 0 Å². The van der Waals surface area contributed by atoms with E-state index in [1.807, 2.05) is 6.07 Å². The smallest absolute Gasteiger partial charge is 0.179 e. The number of aromatic nitrogens is 1. The van der Waals surface area contributed by atoms with E-state index in [2.05, 4.69) is 42.0 Å². The van der Waals surface area contributed by atoms with Crippen LogP contribution in [0.1, 0.15) is 66.2 Å². The van der Waals surface area contributed by atoms with Gasteiger partial charge in [-0.05, 0) is 48.8 Å². The lowest BCUT2D eigenvalue weighted by atomic mass is 9.92. The van der Waals surface area contributed by atoms with E-state index in [4.69, 9.17) is 0 Å². The lowest BCUT2D eigenvalue weighted by Gasteiger charge is -2.13. The van der Waals surface area contributed by atoms with E-state index in [0.29, 0.717) is 12.2 Å². The number of unbranched alkanes of at least 4 members (excludes halogenated alkanes) is 1. The van der Waals surface area contributed by atoms with Gasteiger partial charge < -0.3 is 4.57 Å². The third-order valence-corrected chi connectivity index (χ3v) is 4.61. The fourth-order valence-electron chi connectivity index (χ4n) is 3.46. The molecule has 1 aromatic carbocycles. The first kappa shape index (κ1) is 15.1. The van der Waals surface area contributed by atoms with Crippen molar-refractivity contribution in [2.24, 2.45) is 0 Å². The van der Waals surface area contributed by atoms with Crippen LogP contribution in [0.3, 0.4) is 0 Å². The first-order valence-electron chi connectivity index (χ1n) is 8.57. The van der Waals surface area contributed by atoms with Crippen LogP contribution in [-0.4, -0.2) is 10.4 Å². The summed E-state index contributed by atoms with van der Waals surface area (Å²) in [5, 5.41) is 0. The Labute approximate surface area is 133 Å². The molecule has 116 valence electrons. The van der Waals surface area contributed by atoms with Gasteiger partial charge in [0.2, 0.25) is 0 Å². The first-order valence-corrected chi connectivity index (χ1v) is 8.57. The van der Waals surface area contributed by atoms with Crippen molar-refractivity contribution in [1.82, 2.24) is 4.57 Å². The summed E-state index contributed by atoms with van der Waals surface area (Å²) in [6.07, 6.45) is 9.66. The number of benzene rings is 1. The average molecular weight is 295 g/mol. The number of Topliss-reactive ketones (excluding diaryl/α,β-unsaturated/α-hetero) is 1. The number of nitrogens with zero attached hydrogens (tertiary/aromatic N) is 1. The maximum atomic E-state index is 12.7. The molecule has 2 heteroatoms. The van der Waals surface area contributed by atoms with Gasteiger partial charge in [0.15, 0.2) is 5.78 Å². The van der Waals surface area contributed by atoms with Crippen LogP contribution in [-0.2, 0) is 19.4 Å². The zero-order chi connectivity index (χ0) is 15.4. The minimum absolute atomic E-state index is 0.334. The van der Waals surface area contributed by atoms with Gasteiger partial charge >= 0.3 is 0 Å². The molecule has 3 rings (SSSR count). The van der Waals surface area contributed by atoms with Crippen molar-refractivity contribution in [3.63, 3.8) is 0 Å². The maximum absolute atomic E-state index is 12.7. The lowest BCUT2D eigenvalue weighted by Crippen LogP contribution is -2.12. The zero-order valence-corrected chi connectivity index (χ0v) is 13.5. The number of carbonyl (C=O) groups excluding carboxylic acids is 1. The average Bonchev–Trinajstić information content (AvgIpc) is 2.91. The van der Waals surface area contributed by atoms with Gasteiger partial charge in [-0.15, -0.1) is 0 Å². The summed E-state index contributed by atoms with van der Waals surface area (Å²) in [4.78, 5) is 12.7.